The van der Waals surface area contributed by atoms with Gasteiger partial charge in [-0.15, -0.1) is 0 Å². The molecule has 0 heterocycles. The molecule has 1 rings (SSSR count). The lowest BCUT2D eigenvalue weighted by atomic mass is 10.1. The fourth-order valence-corrected chi connectivity index (χ4v) is 1.65. The summed E-state index contributed by atoms with van der Waals surface area (Å²) in [4.78, 5) is 13.5. The van der Waals surface area contributed by atoms with Gasteiger partial charge < -0.3 is 9.64 Å². The highest BCUT2D eigenvalue weighted by molar-refractivity contribution is 5.77. The van der Waals surface area contributed by atoms with Crippen LogP contribution in [0.4, 0.5) is 0 Å². The Morgan fingerprint density at radius 2 is 1.88 bits per heavy atom. The van der Waals surface area contributed by atoms with E-state index in [2.05, 4.69) is 0 Å². The van der Waals surface area contributed by atoms with E-state index in [1.54, 1.807) is 4.90 Å². The second-order valence-electron chi connectivity index (χ2n) is 4.43. The molecule has 1 aromatic carbocycles. The highest BCUT2D eigenvalue weighted by Crippen LogP contribution is 2.14. The Balaban J connectivity index is 2.60. The van der Waals surface area contributed by atoms with Gasteiger partial charge in [-0.05, 0) is 24.6 Å². The number of carbonyl (C=O) groups is 1. The first-order chi connectivity index (χ1) is 8.04. The molecule has 94 valence electrons. The summed E-state index contributed by atoms with van der Waals surface area (Å²) in [6.45, 7) is 7.10. The molecule has 0 aliphatic heterocycles. The lowest BCUT2D eigenvalue weighted by Gasteiger charge is -2.19. The minimum absolute atomic E-state index is 0.0442. The molecule has 1 aromatic rings. The third-order valence-corrected chi connectivity index (χ3v) is 2.52. The molecule has 0 aliphatic carbocycles. The molecule has 1 amide bonds. The van der Waals surface area contributed by atoms with Crippen molar-refractivity contribution in [1.82, 2.24) is 4.90 Å². The van der Waals surface area contributed by atoms with Crippen molar-refractivity contribution >= 4 is 5.91 Å². The van der Waals surface area contributed by atoms with E-state index >= 15 is 0 Å². The van der Waals surface area contributed by atoms with Crippen LogP contribution < -0.4 is 4.74 Å². The molecule has 17 heavy (non-hydrogen) atoms. The number of ether oxygens (including phenoxy) is 1. The lowest BCUT2D eigenvalue weighted by Crippen LogP contribution is -2.29. The van der Waals surface area contributed by atoms with Crippen LogP contribution in [0.15, 0.2) is 24.3 Å². The predicted molar refractivity (Wildman–Crippen MR) is 68.9 cm³/mol. The van der Waals surface area contributed by atoms with Crippen molar-refractivity contribution in [2.45, 2.75) is 27.3 Å². The molecule has 3 nitrogen and oxygen atoms in total. The van der Waals surface area contributed by atoms with Crippen molar-refractivity contribution in [1.29, 1.82) is 0 Å². The zero-order valence-corrected chi connectivity index (χ0v) is 11.1. The van der Waals surface area contributed by atoms with Crippen molar-refractivity contribution in [2.75, 3.05) is 13.7 Å². The zero-order chi connectivity index (χ0) is 12.8. The van der Waals surface area contributed by atoms with Gasteiger partial charge in [0.1, 0.15) is 5.75 Å². The second kappa shape index (κ2) is 6.28. The van der Waals surface area contributed by atoms with Gasteiger partial charge in [-0.25, -0.2) is 0 Å². The summed E-state index contributed by atoms with van der Waals surface area (Å²) in [5.41, 5.74) is 1.12. The first-order valence-corrected chi connectivity index (χ1v) is 6.01. The van der Waals surface area contributed by atoms with Crippen LogP contribution in [0.2, 0.25) is 0 Å². The molecule has 0 saturated heterocycles. The summed E-state index contributed by atoms with van der Waals surface area (Å²) in [6, 6.07) is 7.86. The van der Waals surface area contributed by atoms with Gasteiger partial charge in [0.2, 0.25) is 5.91 Å². The first-order valence-electron chi connectivity index (χ1n) is 6.01. The number of carbonyl (C=O) groups excluding carboxylic acids is 1. The van der Waals surface area contributed by atoms with Gasteiger partial charge in [-0.2, -0.15) is 0 Å². The smallest absolute Gasteiger partial charge is 0.225 e. The van der Waals surface area contributed by atoms with Gasteiger partial charge >= 0.3 is 0 Å². The molecule has 0 spiro atoms. The molecule has 0 bridgehead atoms. The molecule has 0 radical (unpaired) electrons. The van der Waals surface area contributed by atoms with Crippen LogP contribution >= 0.6 is 0 Å². The van der Waals surface area contributed by atoms with Crippen LogP contribution in [0.1, 0.15) is 26.3 Å². The number of hydrogen-bond acceptors (Lipinski definition) is 2. The van der Waals surface area contributed by atoms with E-state index in [0.29, 0.717) is 13.2 Å². The van der Waals surface area contributed by atoms with Crippen molar-refractivity contribution in [3.63, 3.8) is 0 Å². The maximum Gasteiger partial charge on any atom is 0.225 e. The number of benzene rings is 1. The summed E-state index contributed by atoms with van der Waals surface area (Å²) in [5, 5.41) is 0. The number of hydrogen-bond donors (Lipinski definition) is 0. The van der Waals surface area contributed by atoms with E-state index in [1.807, 2.05) is 52.1 Å². The quantitative estimate of drug-likeness (QED) is 0.785. The van der Waals surface area contributed by atoms with E-state index in [0.717, 1.165) is 11.3 Å². The Kier molecular flexibility index (Phi) is 5.01. The third kappa shape index (κ3) is 4.10. The maximum absolute atomic E-state index is 11.7. The highest BCUT2D eigenvalue weighted by Gasteiger charge is 2.12. The minimum Gasteiger partial charge on any atom is -0.494 e. The Hall–Kier alpha value is -1.51. The Morgan fingerprint density at radius 1 is 1.29 bits per heavy atom. The monoisotopic (exact) mass is 235 g/mol. The van der Waals surface area contributed by atoms with E-state index < -0.39 is 0 Å². The topological polar surface area (TPSA) is 29.5 Å². The molecule has 0 atom stereocenters. The molecule has 0 aromatic heterocycles. The molecular weight excluding hydrogens is 214 g/mol. The minimum atomic E-state index is 0.0442. The second-order valence-corrected chi connectivity index (χ2v) is 4.43. The number of nitrogens with zero attached hydrogens (tertiary/aromatic N) is 1. The van der Waals surface area contributed by atoms with Crippen LogP contribution in [-0.2, 0) is 11.3 Å². The number of rotatable bonds is 5. The Morgan fingerprint density at radius 3 is 2.35 bits per heavy atom. The van der Waals surface area contributed by atoms with Crippen molar-refractivity contribution in [2.24, 2.45) is 5.92 Å². The normalized spacial score (nSPS) is 10.4. The van der Waals surface area contributed by atoms with Crippen LogP contribution in [0.3, 0.4) is 0 Å². The summed E-state index contributed by atoms with van der Waals surface area (Å²) in [5.74, 6) is 1.08. The lowest BCUT2D eigenvalue weighted by molar-refractivity contribution is -0.133. The van der Waals surface area contributed by atoms with E-state index in [-0.39, 0.29) is 11.8 Å². The summed E-state index contributed by atoms with van der Waals surface area (Å²) in [6.07, 6.45) is 0. The van der Waals surface area contributed by atoms with Crippen LogP contribution in [0, 0.1) is 5.92 Å². The van der Waals surface area contributed by atoms with Crippen LogP contribution in [0.25, 0.3) is 0 Å². The van der Waals surface area contributed by atoms with Crippen molar-refractivity contribution in [3.8, 4) is 5.75 Å². The molecule has 0 fully saturated rings. The van der Waals surface area contributed by atoms with Crippen LogP contribution in [-0.4, -0.2) is 24.5 Å². The Labute approximate surface area is 103 Å². The highest BCUT2D eigenvalue weighted by atomic mass is 16.5. The van der Waals surface area contributed by atoms with E-state index in [4.69, 9.17) is 4.74 Å². The fourth-order valence-electron chi connectivity index (χ4n) is 1.65. The summed E-state index contributed by atoms with van der Waals surface area (Å²) < 4.78 is 5.37. The van der Waals surface area contributed by atoms with E-state index in [1.165, 1.54) is 0 Å². The van der Waals surface area contributed by atoms with Gasteiger partial charge in [-0.3, -0.25) is 4.79 Å². The van der Waals surface area contributed by atoms with Crippen molar-refractivity contribution in [3.05, 3.63) is 29.8 Å². The largest absolute Gasteiger partial charge is 0.494 e. The van der Waals surface area contributed by atoms with Crippen LogP contribution in [0.5, 0.6) is 5.75 Å². The maximum atomic E-state index is 11.7. The van der Waals surface area contributed by atoms with Gasteiger partial charge in [0, 0.05) is 19.5 Å². The zero-order valence-electron chi connectivity index (χ0n) is 11.1. The van der Waals surface area contributed by atoms with Gasteiger partial charge in [0.25, 0.3) is 0 Å². The Bertz CT molecular complexity index is 357. The standard InChI is InChI=1S/C14H21NO2/c1-5-17-13-8-6-12(7-9-13)10-15(4)14(16)11(2)3/h6-9,11H,5,10H2,1-4H3. The number of amides is 1. The van der Waals surface area contributed by atoms with Crippen molar-refractivity contribution < 1.29 is 9.53 Å². The third-order valence-electron chi connectivity index (χ3n) is 2.52. The SMILES string of the molecule is CCOc1ccc(CN(C)C(=O)C(C)C)cc1. The van der Waals surface area contributed by atoms with E-state index in [9.17, 15) is 4.79 Å². The van der Waals surface area contributed by atoms with Gasteiger partial charge in [0.05, 0.1) is 6.61 Å². The van der Waals surface area contributed by atoms with Gasteiger partial charge in [-0.1, -0.05) is 26.0 Å². The molecule has 3 heteroatoms. The fraction of sp³-hybridized carbons (Fsp3) is 0.500. The average molecular weight is 235 g/mol. The van der Waals surface area contributed by atoms with Gasteiger partial charge in [0.15, 0.2) is 0 Å². The summed E-state index contributed by atoms with van der Waals surface area (Å²) >= 11 is 0. The molecule has 0 aliphatic rings. The predicted octanol–water partition coefficient (Wildman–Crippen LogP) is 2.70. The summed E-state index contributed by atoms with van der Waals surface area (Å²) in [7, 11) is 1.83. The molecule has 0 unspecified atom stereocenters. The molecule has 0 N–H and O–H groups in total. The molecule has 0 saturated carbocycles. The first kappa shape index (κ1) is 13.6. The average Bonchev–Trinajstić information content (AvgIpc) is 2.30. The molecular formula is C14H21NO2.